The molecule has 1 aromatic carbocycles. The predicted molar refractivity (Wildman–Crippen MR) is 63.4 cm³/mol. The molecule has 90 valence electrons. The zero-order valence-electron chi connectivity index (χ0n) is 10.3. The van der Waals surface area contributed by atoms with Crippen molar-refractivity contribution in [2.45, 2.75) is 32.7 Å². The van der Waals surface area contributed by atoms with Crippen LogP contribution in [0.15, 0.2) is 18.2 Å². The molecule has 0 spiro atoms. The van der Waals surface area contributed by atoms with E-state index in [0.29, 0.717) is 0 Å². The number of benzene rings is 1. The first-order valence-corrected chi connectivity index (χ1v) is 6.12. The van der Waals surface area contributed by atoms with Gasteiger partial charge in [-0.15, -0.1) is 0 Å². The maximum Gasteiger partial charge on any atom is 0.254 e. The fraction of sp³-hybridized carbons (Fsp3) is 0.500. The van der Waals surface area contributed by atoms with E-state index >= 15 is 0 Å². The molecular formula is C14H17NOW. The maximum atomic E-state index is 11.9. The van der Waals surface area contributed by atoms with Crippen LogP contribution >= 0.6 is 0 Å². The monoisotopic (exact) mass is 399 g/mol. The standard InChI is InChI=1S/C14H17NO.W/c1-3-15-8-11-7-10(13-6-9(13)2)4-5-12(11)14(15)16;/h4-5,7,9,13H,3,6,8H2,1-2H3;. The third kappa shape index (κ3) is 2.08. The van der Waals surface area contributed by atoms with E-state index in [1.165, 1.54) is 17.5 Å². The molecule has 1 saturated carbocycles. The number of amides is 1. The van der Waals surface area contributed by atoms with Gasteiger partial charge in [0.05, 0.1) is 0 Å². The largest absolute Gasteiger partial charge is 0.335 e. The fourth-order valence-corrected chi connectivity index (χ4v) is 2.67. The Morgan fingerprint density at radius 1 is 1.41 bits per heavy atom. The molecule has 0 saturated heterocycles. The summed E-state index contributed by atoms with van der Waals surface area (Å²) in [4.78, 5) is 13.8. The summed E-state index contributed by atoms with van der Waals surface area (Å²) >= 11 is 0. The van der Waals surface area contributed by atoms with Gasteiger partial charge >= 0.3 is 0 Å². The third-order valence-electron chi connectivity index (χ3n) is 3.93. The SMILES string of the molecule is CCN1Cc2cc(C3CC3C)ccc2C1=O.[W]. The quantitative estimate of drug-likeness (QED) is 0.750. The van der Waals surface area contributed by atoms with E-state index < -0.39 is 0 Å². The first-order chi connectivity index (χ1) is 7.70. The van der Waals surface area contributed by atoms with Crippen LogP contribution in [0.1, 0.15) is 47.7 Å². The molecule has 0 aromatic heterocycles. The van der Waals surface area contributed by atoms with Gasteiger partial charge in [-0.05, 0) is 42.4 Å². The minimum absolute atomic E-state index is 0. The minimum Gasteiger partial charge on any atom is -0.335 e. The van der Waals surface area contributed by atoms with E-state index in [1.54, 1.807) is 0 Å². The summed E-state index contributed by atoms with van der Waals surface area (Å²) in [6.45, 7) is 5.94. The average molecular weight is 399 g/mol. The van der Waals surface area contributed by atoms with Crippen LogP contribution in [0.2, 0.25) is 0 Å². The Labute approximate surface area is 117 Å². The molecule has 3 heteroatoms. The van der Waals surface area contributed by atoms with Gasteiger partial charge in [0.15, 0.2) is 0 Å². The van der Waals surface area contributed by atoms with E-state index in [-0.39, 0.29) is 27.0 Å². The summed E-state index contributed by atoms with van der Waals surface area (Å²) in [5.41, 5.74) is 3.57. The van der Waals surface area contributed by atoms with Crippen molar-refractivity contribution < 1.29 is 25.9 Å². The molecular weight excluding hydrogens is 382 g/mol. The van der Waals surface area contributed by atoms with E-state index in [4.69, 9.17) is 0 Å². The number of hydrogen-bond donors (Lipinski definition) is 0. The summed E-state index contributed by atoms with van der Waals surface area (Å²) in [5, 5.41) is 0. The van der Waals surface area contributed by atoms with Gasteiger partial charge in [0.25, 0.3) is 5.91 Å². The van der Waals surface area contributed by atoms with Crippen LogP contribution in [0.5, 0.6) is 0 Å². The van der Waals surface area contributed by atoms with E-state index in [2.05, 4.69) is 19.1 Å². The van der Waals surface area contributed by atoms with Crippen molar-refractivity contribution in [1.29, 1.82) is 0 Å². The number of fused-ring (bicyclic) bond motifs is 1. The molecule has 17 heavy (non-hydrogen) atoms. The minimum atomic E-state index is 0. The van der Waals surface area contributed by atoms with Crippen LogP contribution in [-0.2, 0) is 27.6 Å². The molecule has 1 aliphatic carbocycles. The Bertz CT molecular complexity index is 458. The molecule has 2 aliphatic rings. The second-order valence-corrected chi connectivity index (χ2v) is 5.06. The summed E-state index contributed by atoms with van der Waals surface area (Å²) in [6, 6.07) is 6.41. The third-order valence-corrected chi connectivity index (χ3v) is 3.93. The van der Waals surface area contributed by atoms with Gasteiger partial charge < -0.3 is 4.90 Å². The molecule has 2 nitrogen and oxygen atoms in total. The van der Waals surface area contributed by atoms with E-state index in [0.717, 1.165) is 30.5 Å². The summed E-state index contributed by atoms with van der Waals surface area (Å²) in [7, 11) is 0. The first kappa shape index (κ1) is 12.8. The van der Waals surface area contributed by atoms with Crippen LogP contribution in [0.25, 0.3) is 0 Å². The number of carbonyl (C=O) groups is 1. The van der Waals surface area contributed by atoms with Gasteiger partial charge in [0.1, 0.15) is 0 Å². The molecule has 1 aliphatic heterocycles. The van der Waals surface area contributed by atoms with Crippen molar-refractivity contribution in [1.82, 2.24) is 4.90 Å². The smallest absolute Gasteiger partial charge is 0.254 e. The van der Waals surface area contributed by atoms with Crippen LogP contribution in [-0.4, -0.2) is 17.4 Å². The normalized spacial score (nSPS) is 25.5. The first-order valence-electron chi connectivity index (χ1n) is 6.12. The van der Waals surface area contributed by atoms with Gasteiger partial charge in [-0.2, -0.15) is 0 Å². The molecule has 1 amide bonds. The second-order valence-electron chi connectivity index (χ2n) is 5.06. The molecule has 1 heterocycles. The average Bonchev–Trinajstić information content (AvgIpc) is 2.93. The van der Waals surface area contributed by atoms with Gasteiger partial charge in [-0.3, -0.25) is 4.79 Å². The van der Waals surface area contributed by atoms with Crippen molar-refractivity contribution in [3.8, 4) is 0 Å². The Morgan fingerprint density at radius 3 is 2.71 bits per heavy atom. The number of nitrogens with zero attached hydrogens (tertiary/aromatic N) is 1. The number of carbonyl (C=O) groups excluding carboxylic acids is 1. The van der Waals surface area contributed by atoms with Crippen LogP contribution in [0.4, 0.5) is 0 Å². The zero-order valence-corrected chi connectivity index (χ0v) is 13.2. The topological polar surface area (TPSA) is 20.3 Å². The van der Waals surface area contributed by atoms with Gasteiger partial charge in [0, 0.05) is 39.7 Å². The predicted octanol–water partition coefficient (Wildman–Crippen LogP) is 2.78. The Hall–Kier alpha value is -0.622. The molecule has 2 unspecified atom stereocenters. The second kappa shape index (κ2) is 4.57. The van der Waals surface area contributed by atoms with Crippen LogP contribution in [0.3, 0.4) is 0 Å². The Balaban J connectivity index is 0.00000108. The number of hydrogen-bond acceptors (Lipinski definition) is 1. The Morgan fingerprint density at radius 2 is 2.12 bits per heavy atom. The summed E-state index contributed by atoms with van der Waals surface area (Å²) in [6.07, 6.45) is 1.31. The van der Waals surface area contributed by atoms with E-state index in [1.807, 2.05) is 17.9 Å². The summed E-state index contributed by atoms with van der Waals surface area (Å²) < 4.78 is 0. The zero-order chi connectivity index (χ0) is 11.3. The van der Waals surface area contributed by atoms with Crippen LogP contribution in [0, 0.1) is 5.92 Å². The van der Waals surface area contributed by atoms with Crippen molar-refractivity contribution in [3.05, 3.63) is 34.9 Å². The number of rotatable bonds is 2. The van der Waals surface area contributed by atoms with Crippen molar-refractivity contribution in [2.75, 3.05) is 6.54 Å². The molecule has 3 rings (SSSR count). The molecule has 0 bridgehead atoms. The molecule has 2 atom stereocenters. The van der Waals surface area contributed by atoms with Crippen molar-refractivity contribution >= 4 is 5.91 Å². The van der Waals surface area contributed by atoms with Gasteiger partial charge in [-0.25, -0.2) is 0 Å². The van der Waals surface area contributed by atoms with Crippen molar-refractivity contribution in [2.24, 2.45) is 5.92 Å². The van der Waals surface area contributed by atoms with Crippen LogP contribution < -0.4 is 0 Å². The van der Waals surface area contributed by atoms with Crippen molar-refractivity contribution in [3.63, 3.8) is 0 Å². The van der Waals surface area contributed by atoms with Gasteiger partial charge in [0.2, 0.25) is 0 Å². The molecule has 0 radical (unpaired) electrons. The Kier molecular flexibility index (Phi) is 3.45. The molecule has 1 aromatic rings. The van der Waals surface area contributed by atoms with Gasteiger partial charge in [-0.1, -0.05) is 19.1 Å². The molecule has 0 N–H and O–H groups in total. The molecule has 1 fully saturated rings. The summed E-state index contributed by atoms with van der Waals surface area (Å²) in [5.74, 6) is 1.78. The maximum absolute atomic E-state index is 11.9. The van der Waals surface area contributed by atoms with E-state index in [9.17, 15) is 4.79 Å². The fourth-order valence-electron chi connectivity index (χ4n) is 2.67.